The molecule has 1 aromatic carbocycles. The summed E-state index contributed by atoms with van der Waals surface area (Å²) in [5, 5.41) is 0. The largest absolute Gasteiger partial charge is 0.270 e. The fourth-order valence-corrected chi connectivity index (χ4v) is 1.20. The summed E-state index contributed by atoms with van der Waals surface area (Å²) in [5.74, 6) is -0.460. The predicted molar refractivity (Wildman–Crippen MR) is 44.3 cm³/mol. The second-order valence-electron chi connectivity index (χ2n) is 2.10. The van der Waals surface area contributed by atoms with Crippen LogP contribution < -0.4 is 0 Å². The highest BCUT2D eigenvalue weighted by atomic mass is 79.9. The number of benzene rings is 1. The second kappa shape index (κ2) is 3.76. The molecule has 0 amide bonds. The van der Waals surface area contributed by atoms with Crippen LogP contribution in [0.1, 0.15) is 5.56 Å². The molecule has 0 unspecified atom stereocenters. The summed E-state index contributed by atoms with van der Waals surface area (Å²) >= 11 is 2.96. The molecule has 1 rings (SSSR count). The van der Waals surface area contributed by atoms with E-state index in [2.05, 4.69) is 15.9 Å². The van der Waals surface area contributed by atoms with Crippen molar-refractivity contribution in [2.75, 3.05) is 0 Å². The minimum absolute atomic E-state index is 0.261. The molecule has 0 N–H and O–H groups in total. The third-order valence-electron chi connectivity index (χ3n) is 1.23. The van der Waals surface area contributed by atoms with Crippen molar-refractivity contribution in [2.45, 2.75) is 0 Å². The Morgan fingerprint density at radius 2 is 2.00 bits per heavy atom. The van der Waals surface area contributed by atoms with E-state index in [-0.39, 0.29) is 5.56 Å². The van der Waals surface area contributed by atoms with Crippen LogP contribution in [0.2, 0.25) is 0 Å². The molecular weight excluding hydrogens is 233 g/mol. The van der Waals surface area contributed by atoms with Gasteiger partial charge in [0, 0.05) is 10.5 Å². The summed E-state index contributed by atoms with van der Waals surface area (Å²) in [4.78, 5) is 0. The van der Waals surface area contributed by atoms with Crippen LogP contribution >= 0.6 is 15.9 Å². The second-order valence-corrected chi connectivity index (χ2v) is 2.95. The van der Waals surface area contributed by atoms with Crippen molar-refractivity contribution in [3.8, 4) is 0 Å². The zero-order valence-corrected chi connectivity index (χ0v) is 7.41. The van der Waals surface area contributed by atoms with E-state index in [1.807, 2.05) is 0 Å². The minimum atomic E-state index is -1.80. The normalized spacial score (nSPS) is 9.67. The van der Waals surface area contributed by atoms with Gasteiger partial charge in [-0.25, -0.2) is 4.39 Å². The highest BCUT2D eigenvalue weighted by Gasteiger charge is 2.00. The van der Waals surface area contributed by atoms with E-state index in [4.69, 9.17) is 0 Å². The van der Waals surface area contributed by atoms with Crippen molar-refractivity contribution >= 4 is 22.0 Å². The molecule has 0 nitrogen and oxygen atoms in total. The maximum atomic E-state index is 12.4. The lowest BCUT2D eigenvalue weighted by Crippen LogP contribution is -1.78. The van der Waals surface area contributed by atoms with Crippen LogP contribution in [0.5, 0.6) is 0 Å². The van der Waals surface area contributed by atoms with E-state index in [1.165, 1.54) is 6.07 Å². The molecule has 12 heavy (non-hydrogen) atoms. The van der Waals surface area contributed by atoms with Gasteiger partial charge in [0.15, 0.2) is 0 Å². The van der Waals surface area contributed by atoms with Gasteiger partial charge in [0.25, 0.3) is 6.08 Å². The first-order chi connectivity index (χ1) is 5.59. The first kappa shape index (κ1) is 9.32. The molecule has 0 atom stereocenters. The topological polar surface area (TPSA) is 0 Å². The molecular formula is C8H4BrF3. The highest BCUT2D eigenvalue weighted by Crippen LogP contribution is 2.21. The summed E-state index contributed by atoms with van der Waals surface area (Å²) in [6.07, 6.45) is -1.13. The molecule has 0 spiro atoms. The Hall–Kier alpha value is -0.770. The molecule has 0 aliphatic heterocycles. The molecule has 0 bridgehead atoms. The fraction of sp³-hybridized carbons (Fsp3) is 0. The fourth-order valence-electron chi connectivity index (χ4n) is 0.736. The van der Waals surface area contributed by atoms with E-state index in [1.54, 1.807) is 0 Å². The van der Waals surface area contributed by atoms with Crippen LogP contribution in [-0.2, 0) is 0 Å². The maximum absolute atomic E-state index is 12.4. The maximum Gasteiger partial charge on any atom is 0.270 e. The molecule has 0 radical (unpaired) electrons. The van der Waals surface area contributed by atoms with Gasteiger partial charge in [-0.1, -0.05) is 22.0 Å². The molecule has 0 heterocycles. The smallest absolute Gasteiger partial charge is 0.207 e. The summed E-state index contributed by atoms with van der Waals surface area (Å²) in [7, 11) is 0. The van der Waals surface area contributed by atoms with Gasteiger partial charge in [-0.2, -0.15) is 8.78 Å². The number of halogens is 4. The molecule has 0 saturated heterocycles. The van der Waals surface area contributed by atoms with Crippen molar-refractivity contribution in [3.63, 3.8) is 0 Å². The predicted octanol–water partition coefficient (Wildman–Crippen LogP) is 3.83. The Kier molecular flexibility index (Phi) is 2.92. The third kappa shape index (κ3) is 2.37. The number of hydrogen-bond acceptors (Lipinski definition) is 0. The van der Waals surface area contributed by atoms with Crippen LogP contribution in [0.25, 0.3) is 6.08 Å². The van der Waals surface area contributed by atoms with E-state index >= 15 is 0 Å². The lowest BCUT2D eigenvalue weighted by Gasteiger charge is -1.96. The van der Waals surface area contributed by atoms with Crippen LogP contribution in [0.3, 0.4) is 0 Å². The van der Waals surface area contributed by atoms with Crippen LogP contribution in [-0.4, -0.2) is 0 Å². The Morgan fingerprint density at radius 1 is 1.33 bits per heavy atom. The molecule has 1 aromatic rings. The van der Waals surface area contributed by atoms with Gasteiger partial charge in [-0.15, -0.1) is 0 Å². The van der Waals surface area contributed by atoms with Crippen molar-refractivity contribution < 1.29 is 13.2 Å². The van der Waals surface area contributed by atoms with E-state index in [9.17, 15) is 13.2 Å². The first-order valence-corrected chi connectivity index (χ1v) is 3.86. The van der Waals surface area contributed by atoms with Gasteiger partial charge >= 0.3 is 0 Å². The molecule has 64 valence electrons. The van der Waals surface area contributed by atoms with Gasteiger partial charge in [-0.05, 0) is 17.7 Å². The lowest BCUT2D eigenvalue weighted by atomic mass is 10.2. The van der Waals surface area contributed by atoms with Crippen LogP contribution in [0.4, 0.5) is 13.2 Å². The molecule has 0 fully saturated rings. The summed E-state index contributed by atoms with van der Waals surface area (Å²) in [6, 6.07) is 3.53. The standard InChI is InChI=1S/C8H4BrF3/c9-7-4-6(10)2-1-5(7)3-8(11)12/h1-4H. The molecule has 4 heteroatoms. The molecule has 0 aliphatic rings. The SMILES string of the molecule is FC(F)=Cc1ccc(F)cc1Br. The molecule has 0 aliphatic carbocycles. The highest BCUT2D eigenvalue weighted by molar-refractivity contribution is 9.10. The Labute approximate surface area is 75.8 Å². The number of hydrogen-bond donors (Lipinski definition) is 0. The lowest BCUT2D eigenvalue weighted by molar-refractivity contribution is 0.429. The average Bonchev–Trinajstić information content (AvgIpc) is 1.94. The van der Waals surface area contributed by atoms with Crippen molar-refractivity contribution in [2.24, 2.45) is 0 Å². The van der Waals surface area contributed by atoms with Crippen LogP contribution in [0.15, 0.2) is 28.8 Å². The molecule has 0 aromatic heterocycles. The zero-order valence-electron chi connectivity index (χ0n) is 5.82. The quantitative estimate of drug-likeness (QED) is 0.696. The summed E-state index contributed by atoms with van der Waals surface area (Å²) in [5.41, 5.74) is 0.261. The first-order valence-electron chi connectivity index (χ1n) is 3.07. The van der Waals surface area contributed by atoms with Gasteiger partial charge in [0.05, 0.1) is 0 Å². The van der Waals surface area contributed by atoms with E-state index < -0.39 is 11.9 Å². The van der Waals surface area contributed by atoms with Gasteiger partial charge in [0.2, 0.25) is 0 Å². The van der Waals surface area contributed by atoms with E-state index in [0.717, 1.165) is 12.1 Å². The Morgan fingerprint density at radius 3 is 2.50 bits per heavy atom. The van der Waals surface area contributed by atoms with E-state index in [0.29, 0.717) is 10.5 Å². The minimum Gasteiger partial charge on any atom is -0.207 e. The monoisotopic (exact) mass is 236 g/mol. The third-order valence-corrected chi connectivity index (χ3v) is 1.91. The summed E-state index contributed by atoms with van der Waals surface area (Å²) in [6.45, 7) is 0. The summed E-state index contributed by atoms with van der Waals surface area (Å²) < 4.78 is 36.3. The van der Waals surface area contributed by atoms with Gasteiger partial charge in [-0.3, -0.25) is 0 Å². The average molecular weight is 237 g/mol. The van der Waals surface area contributed by atoms with Gasteiger partial charge < -0.3 is 0 Å². The van der Waals surface area contributed by atoms with Crippen molar-refractivity contribution in [1.29, 1.82) is 0 Å². The Bertz CT molecular complexity index is 316. The zero-order chi connectivity index (χ0) is 9.14. The van der Waals surface area contributed by atoms with Crippen molar-refractivity contribution in [3.05, 3.63) is 40.1 Å². The molecule has 0 saturated carbocycles. The van der Waals surface area contributed by atoms with Gasteiger partial charge in [0.1, 0.15) is 5.82 Å². The number of rotatable bonds is 1. The van der Waals surface area contributed by atoms with Crippen molar-refractivity contribution in [1.82, 2.24) is 0 Å². The van der Waals surface area contributed by atoms with Crippen LogP contribution in [0, 0.1) is 5.82 Å². The Balaban J connectivity index is 3.10.